The molecule has 0 radical (unpaired) electrons. The second kappa shape index (κ2) is 4.56. The predicted molar refractivity (Wildman–Crippen MR) is 62.4 cm³/mol. The van der Waals surface area contributed by atoms with Gasteiger partial charge in [-0.1, -0.05) is 0 Å². The maximum atomic E-state index is 12.0. The van der Waals surface area contributed by atoms with Crippen molar-refractivity contribution in [1.29, 1.82) is 0 Å². The third-order valence-electron chi connectivity index (χ3n) is 3.94. The Morgan fingerprint density at radius 1 is 1.50 bits per heavy atom. The molecule has 1 aromatic rings. The molecule has 3 N–H and O–H groups in total. The number of fused-ring (bicyclic) bond motifs is 2. The molecular weight excluding hydrogens is 234 g/mol. The van der Waals surface area contributed by atoms with Gasteiger partial charge in [0, 0.05) is 24.9 Å². The lowest BCUT2D eigenvalue weighted by atomic mass is 9.95. The van der Waals surface area contributed by atoms with Gasteiger partial charge in [0.25, 0.3) is 0 Å². The van der Waals surface area contributed by atoms with Crippen LogP contribution >= 0.6 is 0 Å². The van der Waals surface area contributed by atoms with Gasteiger partial charge < -0.3 is 15.3 Å². The van der Waals surface area contributed by atoms with E-state index in [-0.39, 0.29) is 24.0 Å². The van der Waals surface area contributed by atoms with Gasteiger partial charge in [-0.15, -0.1) is 0 Å². The van der Waals surface area contributed by atoms with Gasteiger partial charge in [0.15, 0.2) is 0 Å². The molecule has 0 aromatic carbocycles. The number of nitrogens with zero attached hydrogens (tertiary/aromatic N) is 3. The number of aromatic nitrogens is 3. The first-order valence-corrected chi connectivity index (χ1v) is 6.29. The van der Waals surface area contributed by atoms with Crippen LogP contribution in [0.1, 0.15) is 18.7 Å². The minimum atomic E-state index is -0.219. The standard InChI is InChI=1S/C11H17N5O2/c17-10-7-1-2-8(10)5-16(4-7)11(18)12-3-9-13-6-14-15-9/h6-8,10,17H,1-5H2,(H,12,18)(H,13,14,15)/t7-,8+,10?. The predicted octanol–water partition coefficient (Wildman–Crippen LogP) is -0.283. The van der Waals surface area contributed by atoms with Crippen LogP contribution in [0.3, 0.4) is 0 Å². The number of aliphatic hydroxyl groups excluding tert-OH is 1. The minimum absolute atomic E-state index is 0.0878. The van der Waals surface area contributed by atoms with E-state index in [0.29, 0.717) is 25.5 Å². The van der Waals surface area contributed by atoms with Crippen LogP contribution in [0, 0.1) is 11.8 Å². The summed E-state index contributed by atoms with van der Waals surface area (Å²) in [4.78, 5) is 17.7. The van der Waals surface area contributed by atoms with Crippen molar-refractivity contribution in [3.8, 4) is 0 Å². The molecule has 3 rings (SSSR count). The van der Waals surface area contributed by atoms with Crippen molar-refractivity contribution in [2.75, 3.05) is 13.1 Å². The molecule has 98 valence electrons. The number of aromatic amines is 1. The quantitative estimate of drug-likeness (QED) is 0.673. The summed E-state index contributed by atoms with van der Waals surface area (Å²) >= 11 is 0. The number of piperidine rings is 1. The van der Waals surface area contributed by atoms with Crippen molar-refractivity contribution < 1.29 is 9.90 Å². The van der Waals surface area contributed by atoms with Gasteiger partial charge in [0.1, 0.15) is 12.2 Å². The number of aliphatic hydroxyl groups is 1. The molecule has 18 heavy (non-hydrogen) atoms. The van der Waals surface area contributed by atoms with Crippen LogP contribution in [0.2, 0.25) is 0 Å². The third kappa shape index (κ3) is 2.05. The van der Waals surface area contributed by atoms with E-state index in [2.05, 4.69) is 20.5 Å². The van der Waals surface area contributed by atoms with E-state index in [1.54, 1.807) is 4.90 Å². The summed E-state index contributed by atoms with van der Waals surface area (Å²) in [6, 6.07) is -0.0878. The molecule has 1 aliphatic heterocycles. The van der Waals surface area contributed by atoms with Crippen molar-refractivity contribution in [2.24, 2.45) is 11.8 Å². The normalized spacial score (nSPS) is 30.5. The molecule has 7 nitrogen and oxygen atoms in total. The number of carbonyl (C=O) groups excluding carboxylic acids is 1. The maximum absolute atomic E-state index is 12.0. The zero-order valence-corrected chi connectivity index (χ0v) is 10.0. The summed E-state index contributed by atoms with van der Waals surface area (Å²) in [5.74, 6) is 1.14. The number of rotatable bonds is 2. The van der Waals surface area contributed by atoms with Gasteiger partial charge in [0.2, 0.25) is 0 Å². The lowest BCUT2D eigenvalue weighted by Gasteiger charge is -2.35. The number of carbonyl (C=O) groups is 1. The topological polar surface area (TPSA) is 94.1 Å². The molecule has 7 heteroatoms. The van der Waals surface area contributed by atoms with Crippen LogP contribution < -0.4 is 5.32 Å². The lowest BCUT2D eigenvalue weighted by molar-refractivity contribution is 0.0302. The highest BCUT2D eigenvalue weighted by molar-refractivity contribution is 5.74. The summed E-state index contributed by atoms with van der Waals surface area (Å²) in [5, 5.41) is 19.1. The Hall–Kier alpha value is -1.63. The first-order valence-electron chi connectivity index (χ1n) is 6.29. The molecular formula is C11H17N5O2. The molecule has 1 aromatic heterocycles. The Morgan fingerprint density at radius 3 is 2.83 bits per heavy atom. The average molecular weight is 251 g/mol. The summed E-state index contributed by atoms with van der Waals surface area (Å²) in [6.07, 6.45) is 3.25. The van der Waals surface area contributed by atoms with Crippen molar-refractivity contribution in [3.63, 3.8) is 0 Å². The SMILES string of the molecule is O=C(NCc1ncn[nH]1)N1C[C@H]2CC[C@@H](C1)C2O. The highest BCUT2D eigenvalue weighted by atomic mass is 16.3. The van der Waals surface area contributed by atoms with Crippen molar-refractivity contribution in [2.45, 2.75) is 25.5 Å². The van der Waals surface area contributed by atoms with Crippen LogP contribution in [-0.2, 0) is 6.54 Å². The fourth-order valence-electron chi connectivity index (χ4n) is 2.95. The summed E-state index contributed by atoms with van der Waals surface area (Å²) in [6.45, 7) is 1.66. The highest BCUT2D eigenvalue weighted by Gasteiger charge is 2.42. The van der Waals surface area contributed by atoms with Crippen molar-refractivity contribution >= 4 is 6.03 Å². The molecule has 3 atom stereocenters. The van der Waals surface area contributed by atoms with E-state index < -0.39 is 0 Å². The van der Waals surface area contributed by atoms with Gasteiger partial charge in [-0.3, -0.25) is 5.10 Å². The van der Waals surface area contributed by atoms with Crippen molar-refractivity contribution in [1.82, 2.24) is 25.4 Å². The zero-order valence-electron chi connectivity index (χ0n) is 10.0. The Balaban J connectivity index is 1.54. The van der Waals surface area contributed by atoms with Crippen LogP contribution in [0.4, 0.5) is 4.79 Å². The Bertz CT molecular complexity index is 407. The number of hydrogen-bond donors (Lipinski definition) is 3. The largest absolute Gasteiger partial charge is 0.392 e. The third-order valence-corrected chi connectivity index (χ3v) is 3.94. The molecule has 1 unspecified atom stereocenters. The average Bonchev–Trinajstić information content (AvgIpc) is 2.93. The Labute approximate surface area is 105 Å². The maximum Gasteiger partial charge on any atom is 0.317 e. The molecule has 2 heterocycles. The molecule has 2 fully saturated rings. The lowest BCUT2D eigenvalue weighted by Crippen LogP contribution is -2.50. The van der Waals surface area contributed by atoms with Crippen LogP contribution in [0.15, 0.2) is 6.33 Å². The fourth-order valence-corrected chi connectivity index (χ4v) is 2.95. The molecule has 1 saturated carbocycles. The van der Waals surface area contributed by atoms with Gasteiger partial charge in [0.05, 0.1) is 12.6 Å². The van der Waals surface area contributed by atoms with Gasteiger partial charge in [-0.05, 0) is 12.8 Å². The van der Waals surface area contributed by atoms with Gasteiger partial charge in [-0.2, -0.15) is 5.10 Å². The first-order chi connectivity index (χ1) is 8.74. The van der Waals surface area contributed by atoms with Crippen LogP contribution in [-0.4, -0.2) is 50.4 Å². The molecule has 2 amide bonds. The van der Waals surface area contributed by atoms with Crippen LogP contribution in [0.5, 0.6) is 0 Å². The number of urea groups is 1. The number of H-pyrrole nitrogens is 1. The number of nitrogens with one attached hydrogen (secondary N) is 2. The van der Waals surface area contributed by atoms with E-state index in [1.165, 1.54) is 6.33 Å². The van der Waals surface area contributed by atoms with Gasteiger partial charge >= 0.3 is 6.03 Å². The Morgan fingerprint density at radius 2 is 2.22 bits per heavy atom. The van der Waals surface area contributed by atoms with Crippen LogP contribution in [0.25, 0.3) is 0 Å². The number of hydrogen-bond acceptors (Lipinski definition) is 4. The zero-order chi connectivity index (χ0) is 12.5. The summed E-state index contributed by atoms with van der Waals surface area (Å²) in [5.41, 5.74) is 0. The van der Waals surface area contributed by atoms with E-state index in [4.69, 9.17) is 0 Å². The molecule has 0 spiro atoms. The second-order valence-electron chi connectivity index (χ2n) is 5.08. The minimum Gasteiger partial charge on any atom is -0.392 e. The van der Waals surface area contributed by atoms with E-state index in [9.17, 15) is 9.90 Å². The monoisotopic (exact) mass is 251 g/mol. The molecule has 1 aliphatic carbocycles. The number of amides is 2. The summed E-state index contributed by atoms with van der Waals surface area (Å²) in [7, 11) is 0. The fraction of sp³-hybridized carbons (Fsp3) is 0.727. The molecule has 1 saturated heterocycles. The van der Waals surface area contributed by atoms with E-state index in [1.807, 2.05) is 0 Å². The Kier molecular flexibility index (Phi) is 2.91. The van der Waals surface area contributed by atoms with Crippen molar-refractivity contribution in [3.05, 3.63) is 12.2 Å². The van der Waals surface area contributed by atoms with Gasteiger partial charge in [-0.25, -0.2) is 9.78 Å². The highest BCUT2D eigenvalue weighted by Crippen LogP contribution is 2.36. The smallest absolute Gasteiger partial charge is 0.317 e. The first kappa shape index (κ1) is 11.5. The summed E-state index contributed by atoms with van der Waals surface area (Å²) < 4.78 is 0. The number of likely N-dealkylation sites (tertiary alicyclic amines) is 1. The molecule has 2 aliphatic rings. The van der Waals surface area contributed by atoms with E-state index in [0.717, 1.165) is 12.8 Å². The van der Waals surface area contributed by atoms with E-state index >= 15 is 0 Å². The second-order valence-corrected chi connectivity index (χ2v) is 5.08. The molecule has 2 bridgehead atoms.